The second-order valence-corrected chi connectivity index (χ2v) is 3.41. The lowest BCUT2D eigenvalue weighted by Crippen LogP contribution is -2.20. The zero-order chi connectivity index (χ0) is 10.1. The molecule has 0 radical (unpaired) electrons. The summed E-state index contributed by atoms with van der Waals surface area (Å²) in [6.45, 7) is 0. The minimum absolute atomic E-state index is 0.153. The maximum absolute atomic E-state index is 5.02. The van der Waals surface area contributed by atoms with Gasteiger partial charge < -0.3 is 18.9 Å². The maximum Gasteiger partial charge on any atom is 0.165 e. The summed E-state index contributed by atoms with van der Waals surface area (Å²) in [5, 5.41) is 0. The van der Waals surface area contributed by atoms with E-state index in [1.807, 2.05) is 0 Å². The molecule has 0 aromatic carbocycles. The number of thioether (sulfide) groups is 1. The van der Waals surface area contributed by atoms with Crippen molar-refractivity contribution in [1.82, 2.24) is 0 Å². The largest absolute Gasteiger partial charge is 0.355 e. The van der Waals surface area contributed by atoms with Crippen LogP contribution in [0.25, 0.3) is 0 Å². The van der Waals surface area contributed by atoms with Gasteiger partial charge in [0.05, 0.1) is 0 Å². The molecule has 0 bridgehead atoms. The van der Waals surface area contributed by atoms with E-state index >= 15 is 0 Å². The first kappa shape index (κ1) is 13.2. The van der Waals surface area contributed by atoms with Crippen LogP contribution in [-0.2, 0) is 18.9 Å². The first-order chi connectivity index (χ1) is 6.28. The molecule has 0 heterocycles. The minimum atomic E-state index is -0.153. The Morgan fingerprint density at radius 1 is 0.769 bits per heavy atom. The van der Waals surface area contributed by atoms with E-state index in [4.69, 9.17) is 18.9 Å². The van der Waals surface area contributed by atoms with E-state index in [9.17, 15) is 0 Å². The average Bonchev–Trinajstić information content (AvgIpc) is 2.19. The van der Waals surface area contributed by atoms with Crippen LogP contribution in [0.1, 0.15) is 0 Å². The van der Waals surface area contributed by atoms with E-state index in [0.717, 1.165) is 11.5 Å². The van der Waals surface area contributed by atoms with Gasteiger partial charge >= 0.3 is 0 Å². The summed E-state index contributed by atoms with van der Waals surface area (Å²) in [6.07, 6.45) is -0.307. The summed E-state index contributed by atoms with van der Waals surface area (Å²) in [7, 11) is 6.50. The monoisotopic (exact) mass is 210 g/mol. The zero-order valence-electron chi connectivity index (χ0n) is 8.61. The Morgan fingerprint density at radius 2 is 1.08 bits per heavy atom. The highest BCUT2D eigenvalue weighted by Crippen LogP contribution is 2.09. The van der Waals surface area contributed by atoms with E-state index in [1.165, 1.54) is 0 Å². The lowest BCUT2D eigenvalue weighted by Gasteiger charge is -2.15. The lowest BCUT2D eigenvalue weighted by molar-refractivity contribution is -0.0879. The Morgan fingerprint density at radius 3 is 1.31 bits per heavy atom. The summed E-state index contributed by atoms with van der Waals surface area (Å²) in [5.74, 6) is 1.55. The lowest BCUT2D eigenvalue weighted by atomic mass is 10.7. The van der Waals surface area contributed by atoms with Gasteiger partial charge in [-0.1, -0.05) is 0 Å². The Balaban J connectivity index is 3.41. The SMILES string of the molecule is COC(CSCC(OC)OC)OC. The molecule has 0 aliphatic rings. The third-order valence-electron chi connectivity index (χ3n) is 1.56. The van der Waals surface area contributed by atoms with Gasteiger partial charge in [-0.25, -0.2) is 0 Å². The van der Waals surface area contributed by atoms with Gasteiger partial charge in [0, 0.05) is 39.9 Å². The first-order valence-electron chi connectivity index (χ1n) is 3.97. The predicted molar refractivity (Wildman–Crippen MR) is 52.9 cm³/mol. The van der Waals surface area contributed by atoms with Gasteiger partial charge in [-0.05, 0) is 0 Å². The molecular weight excluding hydrogens is 192 g/mol. The minimum Gasteiger partial charge on any atom is -0.355 e. The van der Waals surface area contributed by atoms with Crippen molar-refractivity contribution in [1.29, 1.82) is 0 Å². The fraction of sp³-hybridized carbons (Fsp3) is 1.00. The summed E-state index contributed by atoms with van der Waals surface area (Å²) in [5.41, 5.74) is 0. The molecule has 0 N–H and O–H groups in total. The molecule has 0 aromatic rings. The highest BCUT2D eigenvalue weighted by Gasteiger charge is 2.08. The van der Waals surface area contributed by atoms with Crippen LogP contribution in [0.3, 0.4) is 0 Å². The van der Waals surface area contributed by atoms with E-state index in [0.29, 0.717) is 0 Å². The molecule has 5 heteroatoms. The van der Waals surface area contributed by atoms with E-state index < -0.39 is 0 Å². The van der Waals surface area contributed by atoms with Crippen LogP contribution < -0.4 is 0 Å². The van der Waals surface area contributed by atoms with Gasteiger partial charge in [0.1, 0.15) is 0 Å². The number of hydrogen-bond donors (Lipinski definition) is 0. The molecule has 80 valence electrons. The maximum atomic E-state index is 5.02. The molecule has 4 nitrogen and oxygen atoms in total. The van der Waals surface area contributed by atoms with Crippen LogP contribution in [-0.4, -0.2) is 52.5 Å². The smallest absolute Gasteiger partial charge is 0.165 e. The van der Waals surface area contributed by atoms with Gasteiger partial charge in [-0.15, -0.1) is 0 Å². The van der Waals surface area contributed by atoms with E-state index in [-0.39, 0.29) is 12.6 Å². The summed E-state index contributed by atoms with van der Waals surface area (Å²) in [6, 6.07) is 0. The van der Waals surface area contributed by atoms with Crippen LogP contribution in [0.5, 0.6) is 0 Å². The molecule has 0 amide bonds. The van der Waals surface area contributed by atoms with Crippen LogP contribution in [0.2, 0.25) is 0 Å². The fourth-order valence-corrected chi connectivity index (χ4v) is 1.79. The van der Waals surface area contributed by atoms with Gasteiger partial charge in [-0.3, -0.25) is 0 Å². The number of rotatable bonds is 8. The summed E-state index contributed by atoms with van der Waals surface area (Å²) in [4.78, 5) is 0. The van der Waals surface area contributed by atoms with Crippen LogP contribution in [0, 0.1) is 0 Å². The van der Waals surface area contributed by atoms with Gasteiger partial charge in [-0.2, -0.15) is 11.8 Å². The van der Waals surface area contributed by atoms with Crippen molar-refractivity contribution in [3.05, 3.63) is 0 Å². The number of ether oxygens (including phenoxy) is 4. The van der Waals surface area contributed by atoms with Crippen LogP contribution in [0.15, 0.2) is 0 Å². The molecule has 13 heavy (non-hydrogen) atoms. The highest BCUT2D eigenvalue weighted by atomic mass is 32.2. The van der Waals surface area contributed by atoms with Gasteiger partial charge in [0.15, 0.2) is 12.6 Å². The zero-order valence-corrected chi connectivity index (χ0v) is 9.43. The molecule has 0 fully saturated rings. The van der Waals surface area contributed by atoms with Crippen molar-refractivity contribution in [2.75, 3.05) is 39.9 Å². The summed E-state index contributed by atoms with van der Waals surface area (Å²) < 4.78 is 20.1. The van der Waals surface area contributed by atoms with Gasteiger partial charge in [0.25, 0.3) is 0 Å². The highest BCUT2D eigenvalue weighted by molar-refractivity contribution is 7.99. The average molecular weight is 210 g/mol. The third kappa shape index (κ3) is 6.29. The first-order valence-corrected chi connectivity index (χ1v) is 5.12. The van der Waals surface area contributed by atoms with Crippen molar-refractivity contribution in [3.8, 4) is 0 Å². The van der Waals surface area contributed by atoms with E-state index in [1.54, 1.807) is 40.2 Å². The number of methoxy groups -OCH3 is 4. The van der Waals surface area contributed by atoms with Crippen molar-refractivity contribution in [2.24, 2.45) is 0 Å². The standard InChI is InChI=1S/C8H18O4S/c1-9-7(10-2)5-13-6-8(11-3)12-4/h7-8H,5-6H2,1-4H3. The van der Waals surface area contributed by atoms with Crippen LogP contribution in [0.4, 0.5) is 0 Å². The molecule has 0 spiro atoms. The summed E-state index contributed by atoms with van der Waals surface area (Å²) >= 11 is 1.67. The predicted octanol–water partition coefficient (Wildman–Crippen LogP) is 0.957. The number of hydrogen-bond acceptors (Lipinski definition) is 5. The molecule has 0 aliphatic carbocycles. The van der Waals surface area contributed by atoms with Crippen LogP contribution >= 0.6 is 11.8 Å². The second-order valence-electron chi connectivity index (χ2n) is 2.34. The Bertz CT molecular complexity index is 92.3. The molecule has 0 aromatic heterocycles. The molecule has 0 saturated carbocycles. The Labute approximate surface area is 83.9 Å². The molecule has 0 unspecified atom stereocenters. The molecule has 0 atom stereocenters. The molecular formula is C8H18O4S. The van der Waals surface area contributed by atoms with Crippen molar-refractivity contribution in [3.63, 3.8) is 0 Å². The van der Waals surface area contributed by atoms with Crippen molar-refractivity contribution in [2.45, 2.75) is 12.6 Å². The van der Waals surface area contributed by atoms with E-state index in [2.05, 4.69) is 0 Å². The quantitative estimate of drug-likeness (QED) is 0.558. The topological polar surface area (TPSA) is 36.9 Å². The normalized spacial score (nSPS) is 11.5. The second kappa shape index (κ2) is 8.77. The van der Waals surface area contributed by atoms with Crippen molar-refractivity contribution < 1.29 is 18.9 Å². The Hall–Kier alpha value is 0.190. The molecule has 0 saturated heterocycles. The fourth-order valence-electron chi connectivity index (χ4n) is 0.725. The molecule has 0 rings (SSSR count). The van der Waals surface area contributed by atoms with Crippen molar-refractivity contribution >= 4 is 11.8 Å². The molecule has 0 aliphatic heterocycles. The Kier molecular flexibility index (Phi) is 8.90. The van der Waals surface area contributed by atoms with Gasteiger partial charge in [0.2, 0.25) is 0 Å². The third-order valence-corrected chi connectivity index (χ3v) is 2.58.